The molecule has 0 bridgehead atoms. The molecule has 0 aliphatic heterocycles. The van der Waals surface area contributed by atoms with Crippen LogP contribution in [0.25, 0.3) is 21.3 Å². The molecule has 2 aromatic heterocycles. The number of benzene rings is 1. The average molecular weight is 420 g/mol. The number of anilines is 1. The summed E-state index contributed by atoms with van der Waals surface area (Å²) in [6.45, 7) is 8.25. The largest absolute Gasteiger partial charge is 0.493 e. The Morgan fingerprint density at radius 2 is 1.86 bits per heavy atom. The number of fused-ring (bicyclic) bond motifs is 1. The van der Waals surface area contributed by atoms with Gasteiger partial charge in [-0.05, 0) is 49.6 Å². The fourth-order valence-corrected chi connectivity index (χ4v) is 4.65. The SMILES string of the molecule is CCCCN(CC)c1nc(Cl)nc2sc(C)c(-c3ccc(OC)c(OC)c3)c12. The van der Waals surface area contributed by atoms with Gasteiger partial charge in [0.1, 0.15) is 10.6 Å². The molecule has 0 saturated heterocycles. The minimum Gasteiger partial charge on any atom is -0.493 e. The number of unbranched alkanes of at least 4 members (excludes halogenated alkanes) is 1. The fourth-order valence-electron chi connectivity index (χ4n) is 3.40. The molecule has 0 unspecified atom stereocenters. The van der Waals surface area contributed by atoms with Crippen LogP contribution in [0.2, 0.25) is 5.28 Å². The lowest BCUT2D eigenvalue weighted by Gasteiger charge is -2.23. The Labute approximate surface area is 175 Å². The molecule has 150 valence electrons. The van der Waals surface area contributed by atoms with Crippen molar-refractivity contribution in [2.24, 2.45) is 0 Å². The Morgan fingerprint density at radius 1 is 1.11 bits per heavy atom. The molecule has 0 saturated carbocycles. The van der Waals surface area contributed by atoms with Gasteiger partial charge in [-0.1, -0.05) is 19.4 Å². The first-order valence-electron chi connectivity index (χ1n) is 9.47. The maximum atomic E-state index is 6.28. The van der Waals surface area contributed by atoms with Crippen LogP contribution >= 0.6 is 22.9 Å². The lowest BCUT2D eigenvalue weighted by molar-refractivity contribution is 0.355. The Morgan fingerprint density at radius 3 is 2.50 bits per heavy atom. The summed E-state index contributed by atoms with van der Waals surface area (Å²) < 4.78 is 10.9. The zero-order chi connectivity index (χ0) is 20.3. The standard InChI is InChI=1S/C21H26ClN3O2S/c1-6-8-11-25(7-2)19-18-17(13(3)28-20(18)24-21(22)23-19)14-9-10-15(26-4)16(12-14)27-5/h9-10,12H,6-8,11H2,1-5H3. The van der Waals surface area contributed by atoms with Crippen molar-refractivity contribution in [2.75, 3.05) is 32.2 Å². The highest BCUT2D eigenvalue weighted by Gasteiger charge is 2.22. The van der Waals surface area contributed by atoms with Crippen LogP contribution in [0, 0.1) is 6.92 Å². The molecular formula is C21H26ClN3O2S. The van der Waals surface area contributed by atoms with Gasteiger partial charge in [-0.3, -0.25) is 0 Å². The van der Waals surface area contributed by atoms with Crippen molar-refractivity contribution < 1.29 is 9.47 Å². The third kappa shape index (κ3) is 3.89. The number of hydrogen-bond donors (Lipinski definition) is 0. The zero-order valence-electron chi connectivity index (χ0n) is 17.0. The molecule has 0 radical (unpaired) electrons. The zero-order valence-corrected chi connectivity index (χ0v) is 18.6. The molecule has 0 atom stereocenters. The first-order valence-corrected chi connectivity index (χ1v) is 10.7. The average Bonchev–Trinajstić information content (AvgIpc) is 3.03. The summed E-state index contributed by atoms with van der Waals surface area (Å²) in [7, 11) is 3.29. The van der Waals surface area contributed by atoms with E-state index in [1.54, 1.807) is 25.6 Å². The van der Waals surface area contributed by atoms with Crippen LogP contribution in [-0.4, -0.2) is 37.3 Å². The predicted octanol–water partition coefficient (Wildman–Crippen LogP) is 5.96. The highest BCUT2D eigenvalue weighted by molar-refractivity contribution is 7.19. The van der Waals surface area contributed by atoms with Crippen molar-refractivity contribution in [3.05, 3.63) is 28.4 Å². The van der Waals surface area contributed by atoms with Gasteiger partial charge in [0, 0.05) is 23.5 Å². The maximum absolute atomic E-state index is 6.28. The van der Waals surface area contributed by atoms with Crippen LogP contribution < -0.4 is 14.4 Å². The van der Waals surface area contributed by atoms with Crippen LogP contribution in [-0.2, 0) is 0 Å². The number of methoxy groups -OCH3 is 2. The topological polar surface area (TPSA) is 47.5 Å². The molecule has 5 nitrogen and oxygen atoms in total. The summed E-state index contributed by atoms with van der Waals surface area (Å²) in [5.41, 5.74) is 2.18. The number of halogens is 1. The van der Waals surface area contributed by atoms with E-state index in [0.717, 1.165) is 53.1 Å². The summed E-state index contributed by atoms with van der Waals surface area (Å²) >= 11 is 7.92. The molecule has 7 heteroatoms. The van der Waals surface area contributed by atoms with E-state index in [0.29, 0.717) is 11.5 Å². The van der Waals surface area contributed by atoms with Crippen LogP contribution in [0.3, 0.4) is 0 Å². The number of hydrogen-bond acceptors (Lipinski definition) is 6. The minimum atomic E-state index is 0.289. The molecule has 28 heavy (non-hydrogen) atoms. The first kappa shape index (κ1) is 20.7. The highest BCUT2D eigenvalue weighted by Crippen LogP contribution is 2.44. The molecular weight excluding hydrogens is 394 g/mol. The molecule has 0 amide bonds. The Hall–Kier alpha value is -2.05. The predicted molar refractivity (Wildman–Crippen MR) is 118 cm³/mol. The summed E-state index contributed by atoms with van der Waals surface area (Å²) in [5.74, 6) is 2.31. The molecule has 0 aliphatic carbocycles. The quantitative estimate of drug-likeness (QED) is 0.421. The Balaban J connectivity index is 2.25. The third-order valence-electron chi connectivity index (χ3n) is 4.82. The van der Waals surface area contributed by atoms with Crippen molar-refractivity contribution >= 4 is 39.0 Å². The van der Waals surface area contributed by atoms with Gasteiger partial charge in [-0.2, -0.15) is 4.98 Å². The van der Waals surface area contributed by atoms with Gasteiger partial charge in [0.05, 0.1) is 19.6 Å². The van der Waals surface area contributed by atoms with Crippen molar-refractivity contribution in [3.8, 4) is 22.6 Å². The van der Waals surface area contributed by atoms with Crippen molar-refractivity contribution in [3.63, 3.8) is 0 Å². The maximum Gasteiger partial charge on any atom is 0.225 e. The second-order valence-corrected chi connectivity index (χ2v) is 8.07. The van der Waals surface area contributed by atoms with Crippen molar-refractivity contribution in [2.45, 2.75) is 33.6 Å². The van der Waals surface area contributed by atoms with Crippen LogP contribution in [0.1, 0.15) is 31.6 Å². The van der Waals surface area contributed by atoms with E-state index in [2.05, 4.69) is 41.7 Å². The number of thiophene rings is 1. The van der Waals surface area contributed by atoms with Crippen LogP contribution in [0.4, 0.5) is 5.82 Å². The molecule has 0 N–H and O–H groups in total. The molecule has 2 heterocycles. The van der Waals surface area contributed by atoms with E-state index in [9.17, 15) is 0 Å². The second kappa shape index (κ2) is 8.97. The van der Waals surface area contributed by atoms with Gasteiger partial charge in [0.25, 0.3) is 0 Å². The van der Waals surface area contributed by atoms with Gasteiger partial charge in [0.2, 0.25) is 5.28 Å². The smallest absolute Gasteiger partial charge is 0.225 e. The Kier molecular flexibility index (Phi) is 6.62. The van der Waals surface area contributed by atoms with E-state index < -0.39 is 0 Å². The van der Waals surface area contributed by atoms with E-state index in [4.69, 9.17) is 21.1 Å². The molecule has 1 aromatic carbocycles. The number of nitrogens with zero attached hydrogens (tertiary/aromatic N) is 3. The molecule has 0 aliphatic rings. The van der Waals surface area contributed by atoms with E-state index in [1.165, 1.54) is 4.88 Å². The molecule has 0 fully saturated rings. The van der Waals surface area contributed by atoms with Gasteiger partial charge >= 0.3 is 0 Å². The van der Waals surface area contributed by atoms with Crippen molar-refractivity contribution in [1.82, 2.24) is 9.97 Å². The molecule has 3 rings (SSSR count). The van der Waals surface area contributed by atoms with Crippen molar-refractivity contribution in [1.29, 1.82) is 0 Å². The summed E-state index contributed by atoms with van der Waals surface area (Å²) in [4.78, 5) is 13.5. The normalized spacial score (nSPS) is 11.1. The Bertz CT molecular complexity index is 974. The lowest BCUT2D eigenvalue weighted by atomic mass is 10.0. The fraction of sp³-hybridized carbons (Fsp3) is 0.429. The van der Waals surface area contributed by atoms with Gasteiger partial charge in [-0.25, -0.2) is 4.98 Å². The molecule has 3 aromatic rings. The van der Waals surface area contributed by atoms with Gasteiger partial charge < -0.3 is 14.4 Å². The summed E-state index contributed by atoms with van der Waals surface area (Å²) in [6, 6.07) is 5.99. The molecule has 0 spiro atoms. The van der Waals surface area contributed by atoms with Gasteiger partial charge in [0.15, 0.2) is 11.5 Å². The van der Waals surface area contributed by atoms with E-state index in [1.807, 2.05) is 12.1 Å². The minimum absolute atomic E-state index is 0.289. The second-order valence-electron chi connectivity index (χ2n) is 6.53. The van der Waals surface area contributed by atoms with Crippen LogP contribution in [0.5, 0.6) is 11.5 Å². The number of ether oxygens (including phenoxy) is 2. The summed E-state index contributed by atoms with van der Waals surface area (Å²) in [5, 5.41) is 1.34. The van der Waals surface area contributed by atoms with E-state index in [-0.39, 0.29) is 5.28 Å². The van der Waals surface area contributed by atoms with Crippen LogP contribution in [0.15, 0.2) is 18.2 Å². The third-order valence-corrected chi connectivity index (χ3v) is 5.98. The first-order chi connectivity index (χ1) is 13.5. The number of rotatable bonds is 8. The summed E-state index contributed by atoms with van der Waals surface area (Å²) in [6.07, 6.45) is 2.23. The van der Waals surface area contributed by atoms with E-state index >= 15 is 0 Å². The monoisotopic (exact) mass is 419 g/mol. The number of aromatic nitrogens is 2. The highest BCUT2D eigenvalue weighted by atomic mass is 35.5. The number of aryl methyl sites for hydroxylation is 1. The lowest BCUT2D eigenvalue weighted by Crippen LogP contribution is -2.25. The van der Waals surface area contributed by atoms with Gasteiger partial charge in [-0.15, -0.1) is 11.3 Å².